The molecule has 1 heterocycles. The molecule has 8 heteroatoms. The number of rotatable bonds is 5. The van der Waals surface area contributed by atoms with E-state index in [0.717, 1.165) is 22.9 Å². The van der Waals surface area contributed by atoms with Gasteiger partial charge in [-0.2, -0.15) is 0 Å². The van der Waals surface area contributed by atoms with Crippen LogP contribution in [0.25, 0.3) is 6.08 Å². The standard InChI is InChI=1S/C20H18N2O4S2/c1-12-6-7-16(23)15(8-12)21-18(24)11-22-19(25)17(28-20(22)27)10-13-4-3-5-14(9-13)26-2/h3-10,23H,11H2,1-2H3,(H,21,24)/b17-10-. The zero-order chi connectivity index (χ0) is 20.3. The van der Waals surface area contributed by atoms with E-state index in [1.165, 1.54) is 11.0 Å². The van der Waals surface area contributed by atoms with E-state index < -0.39 is 5.91 Å². The molecule has 0 aliphatic carbocycles. The average molecular weight is 415 g/mol. The quantitative estimate of drug-likeness (QED) is 0.443. The van der Waals surface area contributed by atoms with E-state index in [4.69, 9.17) is 17.0 Å². The van der Waals surface area contributed by atoms with Gasteiger partial charge in [0.25, 0.3) is 5.91 Å². The van der Waals surface area contributed by atoms with E-state index in [1.54, 1.807) is 31.4 Å². The Morgan fingerprint density at radius 3 is 2.86 bits per heavy atom. The van der Waals surface area contributed by atoms with Crippen LogP contribution in [0.15, 0.2) is 47.4 Å². The van der Waals surface area contributed by atoms with Crippen LogP contribution >= 0.6 is 24.0 Å². The lowest BCUT2D eigenvalue weighted by molar-refractivity contribution is -0.126. The van der Waals surface area contributed by atoms with Crippen molar-refractivity contribution in [3.8, 4) is 11.5 Å². The molecule has 0 atom stereocenters. The first-order valence-corrected chi connectivity index (χ1v) is 9.59. The number of carbonyl (C=O) groups is 2. The summed E-state index contributed by atoms with van der Waals surface area (Å²) in [5.74, 6) is -0.134. The van der Waals surface area contributed by atoms with Gasteiger partial charge in [0.15, 0.2) is 0 Å². The molecule has 28 heavy (non-hydrogen) atoms. The predicted molar refractivity (Wildman–Crippen MR) is 114 cm³/mol. The van der Waals surface area contributed by atoms with Crippen molar-refractivity contribution in [2.45, 2.75) is 6.92 Å². The van der Waals surface area contributed by atoms with Gasteiger partial charge in [0.05, 0.1) is 17.7 Å². The number of nitrogens with zero attached hydrogens (tertiary/aromatic N) is 1. The second-order valence-corrected chi connectivity index (χ2v) is 7.79. The fourth-order valence-electron chi connectivity index (χ4n) is 2.60. The number of phenolic OH excluding ortho intramolecular Hbond substituents is 1. The molecule has 6 nitrogen and oxygen atoms in total. The SMILES string of the molecule is COc1cccc(/C=C2\SC(=S)N(CC(=O)Nc3cc(C)ccc3O)C2=O)c1. The van der Waals surface area contributed by atoms with Crippen molar-refractivity contribution in [2.24, 2.45) is 0 Å². The Labute approximate surface area is 172 Å². The number of hydrogen-bond acceptors (Lipinski definition) is 6. The third-order valence-electron chi connectivity index (χ3n) is 3.99. The Morgan fingerprint density at radius 1 is 1.32 bits per heavy atom. The van der Waals surface area contributed by atoms with Gasteiger partial charge in [-0.15, -0.1) is 0 Å². The van der Waals surface area contributed by atoms with Crippen molar-refractivity contribution in [3.63, 3.8) is 0 Å². The van der Waals surface area contributed by atoms with Crippen LogP contribution in [0.1, 0.15) is 11.1 Å². The molecule has 144 valence electrons. The van der Waals surface area contributed by atoms with Gasteiger partial charge in [-0.3, -0.25) is 14.5 Å². The number of methoxy groups -OCH3 is 1. The fraction of sp³-hybridized carbons (Fsp3) is 0.150. The maximum atomic E-state index is 12.7. The van der Waals surface area contributed by atoms with Gasteiger partial charge in [-0.05, 0) is 48.4 Å². The lowest BCUT2D eigenvalue weighted by Crippen LogP contribution is -2.36. The van der Waals surface area contributed by atoms with E-state index in [-0.39, 0.29) is 18.2 Å². The van der Waals surface area contributed by atoms with Crippen LogP contribution in [0.3, 0.4) is 0 Å². The van der Waals surface area contributed by atoms with Crippen molar-refractivity contribution < 1.29 is 19.4 Å². The number of phenols is 1. The molecule has 0 spiro atoms. The Kier molecular flexibility index (Phi) is 6.01. The summed E-state index contributed by atoms with van der Waals surface area (Å²) in [7, 11) is 1.57. The highest BCUT2D eigenvalue weighted by Gasteiger charge is 2.33. The molecule has 1 aliphatic heterocycles. The minimum atomic E-state index is -0.445. The summed E-state index contributed by atoms with van der Waals surface area (Å²) in [5, 5.41) is 12.5. The number of hydrogen-bond donors (Lipinski definition) is 2. The number of benzene rings is 2. The third kappa shape index (κ3) is 4.52. The first-order valence-electron chi connectivity index (χ1n) is 8.36. The molecule has 0 radical (unpaired) electrons. The molecule has 0 aromatic heterocycles. The number of carbonyl (C=O) groups excluding carboxylic acids is 2. The lowest BCUT2D eigenvalue weighted by Gasteiger charge is -2.15. The number of anilines is 1. The minimum Gasteiger partial charge on any atom is -0.506 e. The first-order chi connectivity index (χ1) is 13.4. The highest BCUT2D eigenvalue weighted by Crippen LogP contribution is 2.33. The van der Waals surface area contributed by atoms with Crippen molar-refractivity contribution in [1.29, 1.82) is 0 Å². The normalized spacial score (nSPS) is 15.2. The maximum Gasteiger partial charge on any atom is 0.266 e. The molecule has 2 aromatic carbocycles. The summed E-state index contributed by atoms with van der Waals surface area (Å²) in [6.07, 6.45) is 1.71. The van der Waals surface area contributed by atoms with E-state index in [0.29, 0.717) is 20.7 Å². The number of amides is 2. The summed E-state index contributed by atoms with van der Waals surface area (Å²) in [5.41, 5.74) is 1.98. The summed E-state index contributed by atoms with van der Waals surface area (Å²) < 4.78 is 5.49. The van der Waals surface area contributed by atoms with Gasteiger partial charge in [0.2, 0.25) is 5.91 Å². The zero-order valence-electron chi connectivity index (χ0n) is 15.3. The van der Waals surface area contributed by atoms with Crippen molar-refractivity contribution in [1.82, 2.24) is 4.90 Å². The smallest absolute Gasteiger partial charge is 0.266 e. The lowest BCUT2D eigenvalue weighted by atomic mass is 10.2. The van der Waals surface area contributed by atoms with Gasteiger partial charge in [-0.1, -0.05) is 42.2 Å². The van der Waals surface area contributed by atoms with Gasteiger partial charge >= 0.3 is 0 Å². The summed E-state index contributed by atoms with van der Waals surface area (Å²) in [6.45, 7) is 1.62. The summed E-state index contributed by atoms with van der Waals surface area (Å²) >= 11 is 6.40. The van der Waals surface area contributed by atoms with Crippen LogP contribution in [-0.2, 0) is 9.59 Å². The number of aromatic hydroxyl groups is 1. The van der Waals surface area contributed by atoms with Crippen LogP contribution < -0.4 is 10.1 Å². The monoisotopic (exact) mass is 414 g/mol. The molecule has 0 saturated carbocycles. The second kappa shape index (κ2) is 8.45. The van der Waals surface area contributed by atoms with Crippen LogP contribution in [0.5, 0.6) is 11.5 Å². The van der Waals surface area contributed by atoms with Crippen LogP contribution in [0.4, 0.5) is 5.69 Å². The molecule has 2 N–H and O–H groups in total. The highest BCUT2D eigenvalue weighted by atomic mass is 32.2. The molecule has 1 saturated heterocycles. The number of thioether (sulfide) groups is 1. The summed E-state index contributed by atoms with van der Waals surface area (Å²) in [6, 6.07) is 12.2. The molecular formula is C20H18N2O4S2. The van der Waals surface area contributed by atoms with E-state index >= 15 is 0 Å². The van der Waals surface area contributed by atoms with Crippen LogP contribution in [0, 0.1) is 6.92 Å². The Morgan fingerprint density at radius 2 is 2.11 bits per heavy atom. The van der Waals surface area contributed by atoms with Crippen LogP contribution in [-0.4, -0.2) is 39.8 Å². The zero-order valence-corrected chi connectivity index (χ0v) is 16.9. The van der Waals surface area contributed by atoms with Gasteiger partial charge < -0.3 is 15.2 Å². The van der Waals surface area contributed by atoms with E-state index in [1.807, 2.05) is 25.1 Å². The van der Waals surface area contributed by atoms with E-state index in [9.17, 15) is 14.7 Å². The van der Waals surface area contributed by atoms with Crippen LogP contribution in [0.2, 0.25) is 0 Å². The fourth-order valence-corrected chi connectivity index (χ4v) is 3.86. The van der Waals surface area contributed by atoms with Gasteiger partial charge in [-0.25, -0.2) is 0 Å². The van der Waals surface area contributed by atoms with Gasteiger partial charge in [0.1, 0.15) is 22.4 Å². The number of nitrogens with one attached hydrogen (secondary N) is 1. The highest BCUT2D eigenvalue weighted by molar-refractivity contribution is 8.26. The second-order valence-electron chi connectivity index (χ2n) is 6.11. The molecule has 1 aliphatic rings. The van der Waals surface area contributed by atoms with Crippen molar-refractivity contribution in [2.75, 3.05) is 19.0 Å². The average Bonchev–Trinajstić information content (AvgIpc) is 2.92. The predicted octanol–water partition coefficient (Wildman–Crippen LogP) is 3.55. The van der Waals surface area contributed by atoms with Crippen molar-refractivity contribution in [3.05, 3.63) is 58.5 Å². The number of aryl methyl sites for hydroxylation is 1. The molecule has 3 rings (SSSR count). The van der Waals surface area contributed by atoms with Crippen molar-refractivity contribution >= 4 is 51.9 Å². The van der Waals surface area contributed by atoms with Gasteiger partial charge in [0, 0.05) is 0 Å². The molecule has 2 amide bonds. The summed E-state index contributed by atoms with van der Waals surface area (Å²) in [4.78, 5) is 26.7. The Balaban J connectivity index is 1.72. The molecule has 0 unspecified atom stereocenters. The maximum absolute atomic E-state index is 12.7. The molecular weight excluding hydrogens is 396 g/mol. The third-order valence-corrected chi connectivity index (χ3v) is 5.37. The minimum absolute atomic E-state index is 0.0396. The first kappa shape index (κ1) is 19.9. The topological polar surface area (TPSA) is 78.9 Å². The number of ether oxygens (including phenoxy) is 1. The largest absolute Gasteiger partial charge is 0.506 e. The molecule has 0 bridgehead atoms. The number of thiocarbonyl (C=S) groups is 1. The Bertz CT molecular complexity index is 988. The molecule has 1 fully saturated rings. The molecule has 2 aromatic rings. The van der Waals surface area contributed by atoms with E-state index in [2.05, 4.69) is 5.32 Å². The Hall–Kier alpha value is -2.84.